The van der Waals surface area contributed by atoms with Gasteiger partial charge in [0.05, 0.1) is 11.4 Å². The first kappa shape index (κ1) is 9.71. The smallest absolute Gasteiger partial charge is 0.310 e. The molecular weight excluding hydrogens is 192 g/mol. The first-order valence-corrected chi connectivity index (χ1v) is 4.74. The maximum Gasteiger partial charge on any atom is 0.310 e. The van der Waals surface area contributed by atoms with E-state index in [9.17, 15) is 4.79 Å². The summed E-state index contributed by atoms with van der Waals surface area (Å²) in [6, 6.07) is 5.56. The van der Waals surface area contributed by atoms with Crippen LogP contribution in [0.3, 0.4) is 0 Å². The van der Waals surface area contributed by atoms with E-state index in [2.05, 4.69) is 5.10 Å². The zero-order chi connectivity index (χ0) is 11.0. The SMILES string of the molecule is CC(C(=O)O)c1ccc2cn(C)nc2c1. The second-order valence-electron chi connectivity index (χ2n) is 3.68. The predicted octanol–water partition coefficient (Wildman–Crippen LogP) is 1.76. The van der Waals surface area contributed by atoms with Crippen LogP contribution in [-0.4, -0.2) is 20.9 Å². The second kappa shape index (κ2) is 3.38. The third-order valence-electron chi connectivity index (χ3n) is 2.52. The molecule has 0 saturated carbocycles. The van der Waals surface area contributed by atoms with Crippen LogP contribution in [0.25, 0.3) is 10.9 Å². The minimum Gasteiger partial charge on any atom is -0.481 e. The number of nitrogens with zero attached hydrogens (tertiary/aromatic N) is 2. The van der Waals surface area contributed by atoms with Gasteiger partial charge >= 0.3 is 5.97 Å². The van der Waals surface area contributed by atoms with Gasteiger partial charge in [0.2, 0.25) is 0 Å². The van der Waals surface area contributed by atoms with Crippen molar-refractivity contribution in [2.24, 2.45) is 7.05 Å². The van der Waals surface area contributed by atoms with Crippen molar-refractivity contribution in [1.29, 1.82) is 0 Å². The largest absolute Gasteiger partial charge is 0.481 e. The van der Waals surface area contributed by atoms with Gasteiger partial charge in [-0.15, -0.1) is 0 Å². The number of aromatic nitrogens is 2. The van der Waals surface area contributed by atoms with Crippen LogP contribution in [0.15, 0.2) is 24.4 Å². The Morgan fingerprint density at radius 3 is 2.93 bits per heavy atom. The first-order valence-electron chi connectivity index (χ1n) is 4.74. The van der Waals surface area contributed by atoms with Gasteiger partial charge < -0.3 is 5.11 Å². The van der Waals surface area contributed by atoms with Crippen LogP contribution in [0, 0.1) is 0 Å². The second-order valence-corrected chi connectivity index (χ2v) is 3.68. The van der Waals surface area contributed by atoms with Crippen LogP contribution in [0.5, 0.6) is 0 Å². The van der Waals surface area contributed by atoms with Gasteiger partial charge in [-0.1, -0.05) is 12.1 Å². The lowest BCUT2D eigenvalue weighted by atomic mass is 10.0. The summed E-state index contributed by atoms with van der Waals surface area (Å²) in [7, 11) is 1.85. The number of fused-ring (bicyclic) bond motifs is 1. The van der Waals surface area contributed by atoms with Gasteiger partial charge in [-0.2, -0.15) is 5.10 Å². The number of carboxylic acids is 1. The average Bonchev–Trinajstić information content (AvgIpc) is 2.55. The van der Waals surface area contributed by atoms with E-state index in [4.69, 9.17) is 5.11 Å². The van der Waals surface area contributed by atoms with Crippen molar-refractivity contribution in [3.63, 3.8) is 0 Å². The topological polar surface area (TPSA) is 55.1 Å². The Morgan fingerprint density at radius 2 is 2.27 bits per heavy atom. The van der Waals surface area contributed by atoms with E-state index in [-0.39, 0.29) is 0 Å². The summed E-state index contributed by atoms with van der Waals surface area (Å²) in [6.07, 6.45) is 1.91. The monoisotopic (exact) mass is 204 g/mol. The highest BCUT2D eigenvalue weighted by Crippen LogP contribution is 2.20. The lowest BCUT2D eigenvalue weighted by molar-refractivity contribution is -0.138. The molecule has 78 valence electrons. The van der Waals surface area contributed by atoms with Crippen LogP contribution in [0.2, 0.25) is 0 Å². The molecule has 1 N–H and O–H groups in total. The lowest BCUT2D eigenvalue weighted by Crippen LogP contribution is -2.06. The Kier molecular flexibility index (Phi) is 2.19. The fraction of sp³-hybridized carbons (Fsp3) is 0.273. The van der Waals surface area contributed by atoms with Gasteiger partial charge in [-0.25, -0.2) is 0 Å². The third kappa shape index (κ3) is 1.70. The van der Waals surface area contributed by atoms with E-state index in [0.29, 0.717) is 0 Å². The third-order valence-corrected chi connectivity index (χ3v) is 2.52. The summed E-state index contributed by atoms with van der Waals surface area (Å²) in [5.41, 5.74) is 1.62. The Balaban J connectivity index is 2.50. The van der Waals surface area contributed by atoms with Gasteiger partial charge in [0.25, 0.3) is 0 Å². The molecule has 15 heavy (non-hydrogen) atoms. The summed E-state index contributed by atoms with van der Waals surface area (Å²) >= 11 is 0. The van der Waals surface area contributed by atoms with Crippen molar-refractivity contribution in [1.82, 2.24) is 9.78 Å². The molecular formula is C11H12N2O2. The van der Waals surface area contributed by atoms with Gasteiger partial charge in [0, 0.05) is 18.6 Å². The minimum atomic E-state index is -0.815. The molecule has 0 aliphatic heterocycles. The Morgan fingerprint density at radius 1 is 1.53 bits per heavy atom. The van der Waals surface area contributed by atoms with E-state index in [1.54, 1.807) is 11.6 Å². The number of aliphatic carboxylic acids is 1. The zero-order valence-electron chi connectivity index (χ0n) is 8.64. The van der Waals surface area contributed by atoms with Gasteiger partial charge in [-0.3, -0.25) is 9.48 Å². The summed E-state index contributed by atoms with van der Waals surface area (Å²) in [6.45, 7) is 1.67. The molecule has 2 aromatic rings. The predicted molar refractivity (Wildman–Crippen MR) is 56.8 cm³/mol. The minimum absolute atomic E-state index is 0.489. The molecule has 0 saturated heterocycles. The summed E-state index contributed by atoms with van der Waals surface area (Å²) < 4.78 is 1.72. The number of benzene rings is 1. The number of carbonyl (C=O) groups is 1. The molecule has 2 rings (SSSR count). The zero-order valence-corrected chi connectivity index (χ0v) is 8.64. The molecule has 4 heteroatoms. The van der Waals surface area contributed by atoms with Gasteiger partial charge in [0.15, 0.2) is 0 Å². The Hall–Kier alpha value is -1.84. The number of aryl methyl sites for hydroxylation is 1. The van der Waals surface area contributed by atoms with Crippen molar-refractivity contribution < 1.29 is 9.90 Å². The van der Waals surface area contributed by atoms with Crippen LogP contribution >= 0.6 is 0 Å². The maximum absolute atomic E-state index is 10.8. The maximum atomic E-state index is 10.8. The molecule has 0 fully saturated rings. The quantitative estimate of drug-likeness (QED) is 0.810. The van der Waals surface area contributed by atoms with Gasteiger partial charge in [0.1, 0.15) is 0 Å². The first-order chi connectivity index (χ1) is 7.08. The van der Waals surface area contributed by atoms with E-state index in [0.717, 1.165) is 16.5 Å². The normalized spacial score (nSPS) is 12.9. The lowest BCUT2D eigenvalue weighted by Gasteiger charge is -2.05. The molecule has 1 atom stereocenters. The molecule has 0 bridgehead atoms. The van der Waals surface area contributed by atoms with E-state index >= 15 is 0 Å². The summed E-state index contributed by atoms with van der Waals surface area (Å²) in [5.74, 6) is -1.30. The fourth-order valence-corrected chi connectivity index (χ4v) is 1.57. The van der Waals surface area contributed by atoms with E-state index in [1.807, 2.05) is 31.4 Å². The van der Waals surface area contributed by atoms with Crippen molar-refractivity contribution in [2.75, 3.05) is 0 Å². The molecule has 0 aliphatic rings. The highest BCUT2D eigenvalue weighted by molar-refractivity contribution is 5.82. The standard InChI is InChI=1S/C11H12N2O2/c1-7(11(14)15)8-3-4-9-6-13(2)12-10(9)5-8/h3-7H,1-2H3,(H,14,15). The van der Waals surface area contributed by atoms with Crippen molar-refractivity contribution >= 4 is 16.9 Å². The van der Waals surface area contributed by atoms with E-state index in [1.165, 1.54) is 0 Å². The Labute approximate surface area is 87.1 Å². The molecule has 0 spiro atoms. The molecule has 0 aliphatic carbocycles. The van der Waals surface area contributed by atoms with Crippen molar-refractivity contribution in [3.8, 4) is 0 Å². The number of hydrogen-bond donors (Lipinski definition) is 1. The van der Waals surface area contributed by atoms with Crippen LogP contribution in [0.1, 0.15) is 18.4 Å². The molecule has 0 amide bonds. The summed E-state index contributed by atoms with van der Waals surface area (Å²) in [4.78, 5) is 10.8. The van der Waals surface area contributed by atoms with Gasteiger partial charge in [-0.05, 0) is 18.6 Å². The molecule has 4 nitrogen and oxygen atoms in total. The van der Waals surface area contributed by atoms with Crippen molar-refractivity contribution in [2.45, 2.75) is 12.8 Å². The molecule has 1 aromatic carbocycles. The number of hydrogen-bond acceptors (Lipinski definition) is 2. The highest BCUT2D eigenvalue weighted by atomic mass is 16.4. The van der Waals surface area contributed by atoms with E-state index < -0.39 is 11.9 Å². The fourth-order valence-electron chi connectivity index (χ4n) is 1.57. The summed E-state index contributed by atoms with van der Waals surface area (Å²) in [5, 5.41) is 14.2. The average molecular weight is 204 g/mol. The number of rotatable bonds is 2. The molecule has 1 unspecified atom stereocenters. The van der Waals surface area contributed by atoms with Crippen LogP contribution in [-0.2, 0) is 11.8 Å². The number of carboxylic acid groups (broad SMARTS) is 1. The Bertz CT molecular complexity index is 516. The highest BCUT2D eigenvalue weighted by Gasteiger charge is 2.14. The van der Waals surface area contributed by atoms with Crippen LogP contribution < -0.4 is 0 Å². The molecule has 1 heterocycles. The molecule has 1 aromatic heterocycles. The van der Waals surface area contributed by atoms with Crippen molar-refractivity contribution in [3.05, 3.63) is 30.0 Å². The molecule has 0 radical (unpaired) electrons. The van der Waals surface area contributed by atoms with Crippen LogP contribution in [0.4, 0.5) is 0 Å².